The summed E-state index contributed by atoms with van der Waals surface area (Å²) in [7, 11) is 2.01. The standard InChI is InChI=1S/C19H21N5O/c1-13-4-9-17-18(10-13)24(3)19(21-17)12-25-16-7-5-15(6-8-16)11-14(2)22-23-20/h4-10,14H,11-12H2,1-3H3. The first-order chi connectivity index (χ1) is 12.1. The Morgan fingerprint density at radius 2 is 2.00 bits per heavy atom. The van der Waals surface area contributed by atoms with Crippen LogP contribution in [-0.2, 0) is 20.1 Å². The first-order valence-electron chi connectivity index (χ1n) is 8.24. The normalized spacial score (nSPS) is 12.0. The van der Waals surface area contributed by atoms with Gasteiger partial charge in [-0.25, -0.2) is 4.98 Å². The van der Waals surface area contributed by atoms with Crippen molar-refractivity contribution >= 4 is 11.0 Å². The SMILES string of the molecule is Cc1ccc2nc(COc3ccc(CC(C)N=[N+]=[N-])cc3)n(C)c2c1. The summed E-state index contributed by atoms with van der Waals surface area (Å²) in [5, 5.41) is 3.69. The fourth-order valence-corrected chi connectivity index (χ4v) is 2.82. The summed E-state index contributed by atoms with van der Waals surface area (Å²) in [6.45, 7) is 4.39. The zero-order valence-electron chi connectivity index (χ0n) is 14.7. The predicted octanol–water partition coefficient (Wildman–Crippen LogP) is 4.70. The largest absolute Gasteiger partial charge is 0.486 e. The first-order valence-corrected chi connectivity index (χ1v) is 8.24. The highest BCUT2D eigenvalue weighted by molar-refractivity contribution is 5.76. The summed E-state index contributed by atoms with van der Waals surface area (Å²) >= 11 is 0. The van der Waals surface area contributed by atoms with Gasteiger partial charge < -0.3 is 9.30 Å². The Hall–Kier alpha value is -2.98. The maximum Gasteiger partial charge on any atom is 0.147 e. The van der Waals surface area contributed by atoms with Crippen molar-refractivity contribution in [3.8, 4) is 5.75 Å². The molecule has 0 fully saturated rings. The zero-order chi connectivity index (χ0) is 17.8. The lowest BCUT2D eigenvalue weighted by Crippen LogP contribution is -2.04. The number of ether oxygens (including phenoxy) is 1. The van der Waals surface area contributed by atoms with E-state index in [0.29, 0.717) is 13.0 Å². The van der Waals surface area contributed by atoms with Crippen LogP contribution in [0.25, 0.3) is 21.5 Å². The second-order valence-electron chi connectivity index (χ2n) is 6.27. The van der Waals surface area contributed by atoms with Crippen LogP contribution in [0.4, 0.5) is 0 Å². The van der Waals surface area contributed by atoms with Crippen LogP contribution in [0.5, 0.6) is 5.75 Å². The van der Waals surface area contributed by atoms with Gasteiger partial charge in [0.15, 0.2) is 0 Å². The van der Waals surface area contributed by atoms with Crippen LogP contribution in [-0.4, -0.2) is 15.6 Å². The van der Waals surface area contributed by atoms with E-state index in [1.165, 1.54) is 5.56 Å². The van der Waals surface area contributed by atoms with E-state index in [1.807, 2.05) is 44.3 Å². The number of nitrogens with zero attached hydrogens (tertiary/aromatic N) is 5. The van der Waals surface area contributed by atoms with Gasteiger partial charge in [0.05, 0.1) is 11.0 Å². The molecule has 3 rings (SSSR count). The monoisotopic (exact) mass is 335 g/mol. The highest BCUT2D eigenvalue weighted by Gasteiger charge is 2.09. The van der Waals surface area contributed by atoms with Crippen molar-refractivity contribution in [3.05, 3.63) is 69.9 Å². The number of hydrogen-bond donors (Lipinski definition) is 0. The lowest BCUT2D eigenvalue weighted by Gasteiger charge is -2.08. The Labute approximate surface area is 146 Å². The summed E-state index contributed by atoms with van der Waals surface area (Å²) in [4.78, 5) is 7.47. The van der Waals surface area contributed by atoms with Gasteiger partial charge in [-0.15, -0.1) is 0 Å². The molecule has 128 valence electrons. The van der Waals surface area contributed by atoms with E-state index in [-0.39, 0.29) is 6.04 Å². The van der Waals surface area contributed by atoms with Crippen molar-refractivity contribution in [2.24, 2.45) is 12.2 Å². The van der Waals surface area contributed by atoms with Gasteiger partial charge in [-0.2, -0.15) is 0 Å². The van der Waals surface area contributed by atoms with Crippen LogP contribution < -0.4 is 4.74 Å². The first kappa shape index (κ1) is 16.9. The maximum absolute atomic E-state index is 8.46. The van der Waals surface area contributed by atoms with Crippen LogP contribution in [0.1, 0.15) is 23.9 Å². The molecule has 0 aliphatic rings. The van der Waals surface area contributed by atoms with E-state index in [4.69, 9.17) is 10.3 Å². The Morgan fingerprint density at radius 1 is 1.24 bits per heavy atom. The van der Waals surface area contributed by atoms with Gasteiger partial charge >= 0.3 is 0 Å². The predicted molar refractivity (Wildman–Crippen MR) is 98.5 cm³/mol. The van der Waals surface area contributed by atoms with Crippen LogP contribution >= 0.6 is 0 Å². The molecule has 3 aromatic rings. The molecule has 0 radical (unpaired) electrons. The second kappa shape index (κ2) is 7.28. The van der Waals surface area contributed by atoms with Crippen LogP contribution in [0.3, 0.4) is 0 Å². The summed E-state index contributed by atoms with van der Waals surface area (Å²) < 4.78 is 7.94. The van der Waals surface area contributed by atoms with Crippen molar-refractivity contribution in [1.29, 1.82) is 0 Å². The van der Waals surface area contributed by atoms with Gasteiger partial charge in [-0.1, -0.05) is 30.2 Å². The molecule has 0 aliphatic carbocycles. The minimum Gasteiger partial charge on any atom is -0.486 e. The summed E-state index contributed by atoms with van der Waals surface area (Å²) in [5.74, 6) is 1.69. The lowest BCUT2D eigenvalue weighted by atomic mass is 10.1. The number of aryl methyl sites for hydroxylation is 2. The number of imidazole rings is 1. The molecule has 0 aliphatic heterocycles. The fraction of sp³-hybridized carbons (Fsp3) is 0.316. The smallest absolute Gasteiger partial charge is 0.147 e. The molecule has 1 heterocycles. The number of azide groups is 1. The van der Waals surface area contributed by atoms with E-state index in [2.05, 4.69) is 38.6 Å². The second-order valence-corrected chi connectivity index (χ2v) is 6.27. The average Bonchev–Trinajstić information content (AvgIpc) is 2.90. The Bertz CT molecular complexity index is 923. The molecule has 0 bridgehead atoms. The topological polar surface area (TPSA) is 75.8 Å². The average molecular weight is 335 g/mol. The Balaban J connectivity index is 1.67. The minimum atomic E-state index is -0.0553. The van der Waals surface area contributed by atoms with Crippen LogP contribution in [0.2, 0.25) is 0 Å². The van der Waals surface area contributed by atoms with E-state index in [1.54, 1.807) is 0 Å². The number of fused-ring (bicyclic) bond motifs is 1. The molecular formula is C19H21N5O. The van der Waals surface area contributed by atoms with Gasteiger partial charge in [0.25, 0.3) is 0 Å². The van der Waals surface area contributed by atoms with Crippen molar-refractivity contribution in [2.45, 2.75) is 32.9 Å². The Kier molecular flexibility index (Phi) is 4.91. The quantitative estimate of drug-likeness (QED) is 0.372. The van der Waals surface area contributed by atoms with Crippen LogP contribution in [0.15, 0.2) is 47.6 Å². The van der Waals surface area contributed by atoms with Gasteiger partial charge in [0.2, 0.25) is 0 Å². The van der Waals surface area contributed by atoms with Gasteiger partial charge in [-0.3, -0.25) is 0 Å². The highest BCUT2D eigenvalue weighted by atomic mass is 16.5. The molecule has 1 aromatic heterocycles. The molecular weight excluding hydrogens is 314 g/mol. The number of aromatic nitrogens is 2. The molecule has 0 amide bonds. The molecule has 6 heteroatoms. The van der Waals surface area contributed by atoms with E-state index in [0.717, 1.165) is 28.2 Å². The Morgan fingerprint density at radius 3 is 2.72 bits per heavy atom. The number of hydrogen-bond acceptors (Lipinski definition) is 3. The molecule has 0 saturated carbocycles. The number of benzene rings is 2. The molecule has 1 atom stereocenters. The molecule has 6 nitrogen and oxygen atoms in total. The summed E-state index contributed by atoms with van der Waals surface area (Å²) in [6, 6.07) is 14.0. The molecule has 0 saturated heterocycles. The third-order valence-corrected chi connectivity index (χ3v) is 4.20. The minimum absolute atomic E-state index is 0.0553. The number of rotatable bonds is 6. The van der Waals surface area contributed by atoms with Gasteiger partial charge in [-0.05, 0) is 54.3 Å². The van der Waals surface area contributed by atoms with Gasteiger partial charge in [0.1, 0.15) is 18.2 Å². The lowest BCUT2D eigenvalue weighted by molar-refractivity contribution is 0.292. The zero-order valence-corrected chi connectivity index (χ0v) is 14.7. The van der Waals surface area contributed by atoms with Crippen molar-refractivity contribution in [3.63, 3.8) is 0 Å². The highest BCUT2D eigenvalue weighted by Crippen LogP contribution is 2.19. The fourth-order valence-electron chi connectivity index (χ4n) is 2.82. The van der Waals surface area contributed by atoms with E-state index >= 15 is 0 Å². The third-order valence-electron chi connectivity index (χ3n) is 4.20. The molecule has 0 N–H and O–H groups in total. The summed E-state index contributed by atoms with van der Waals surface area (Å²) in [5.41, 5.74) is 12.9. The van der Waals surface area contributed by atoms with E-state index < -0.39 is 0 Å². The van der Waals surface area contributed by atoms with Crippen molar-refractivity contribution < 1.29 is 4.74 Å². The van der Waals surface area contributed by atoms with Gasteiger partial charge in [0, 0.05) is 18.0 Å². The van der Waals surface area contributed by atoms with Crippen molar-refractivity contribution in [2.75, 3.05) is 0 Å². The summed E-state index contributed by atoms with van der Waals surface area (Å²) in [6.07, 6.45) is 0.717. The van der Waals surface area contributed by atoms with E-state index in [9.17, 15) is 0 Å². The molecule has 2 aromatic carbocycles. The van der Waals surface area contributed by atoms with Crippen LogP contribution in [0, 0.1) is 6.92 Å². The molecule has 25 heavy (non-hydrogen) atoms. The third kappa shape index (κ3) is 3.92. The maximum atomic E-state index is 8.46. The molecule has 1 unspecified atom stereocenters. The molecule has 0 spiro atoms. The van der Waals surface area contributed by atoms with Crippen molar-refractivity contribution in [1.82, 2.24) is 9.55 Å².